The average molecular weight is 251 g/mol. The van der Waals surface area contributed by atoms with Crippen LogP contribution in [-0.4, -0.2) is 16.1 Å². The molecule has 17 heavy (non-hydrogen) atoms. The number of carbonyl (C=O) groups is 1. The first-order valence-corrected chi connectivity index (χ1v) is 5.90. The van der Waals surface area contributed by atoms with Crippen molar-refractivity contribution < 1.29 is 9.18 Å². The lowest BCUT2D eigenvalue weighted by atomic mass is 10.2. The highest BCUT2D eigenvalue weighted by Gasteiger charge is 2.09. The Hall–Kier alpha value is -1.82. The van der Waals surface area contributed by atoms with Crippen LogP contribution >= 0.6 is 11.3 Å². The third-order valence-corrected chi connectivity index (χ3v) is 3.08. The minimum absolute atomic E-state index is 0.316. The molecule has 0 fully saturated rings. The fourth-order valence-electron chi connectivity index (χ4n) is 1.22. The molecule has 6 heteroatoms. The van der Waals surface area contributed by atoms with Crippen molar-refractivity contribution in [3.05, 3.63) is 40.7 Å². The predicted octanol–water partition coefficient (Wildman–Crippen LogP) is 2.49. The molecule has 1 aromatic carbocycles. The Labute approximate surface area is 102 Å². The number of aryl methyl sites for hydroxylation is 1. The monoisotopic (exact) mass is 251 g/mol. The van der Waals surface area contributed by atoms with Crippen molar-refractivity contribution >= 4 is 22.4 Å². The Bertz CT molecular complexity index is 524. The minimum atomic E-state index is -0.370. The summed E-state index contributed by atoms with van der Waals surface area (Å²) in [7, 11) is 0. The zero-order valence-corrected chi connectivity index (χ0v) is 9.92. The Kier molecular flexibility index (Phi) is 3.43. The number of carbonyl (C=O) groups excluding carboxylic acids is 1. The van der Waals surface area contributed by atoms with E-state index in [0.29, 0.717) is 10.7 Å². The molecule has 0 bridgehead atoms. The third kappa shape index (κ3) is 2.85. The number of nitrogens with zero attached hydrogens (tertiary/aromatic N) is 2. The molecule has 0 aliphatic rings. The molecule has 1 heterocycles. The average Bonchev–Trinajstić information content (AvgIpc) is 2.77. The Morgan fingerprint density at radius 1 is 1.35 bits per heavy atom. The number of benzene rings is 1. The Balaban J connectivity index is 2.08. The maximum Gasteiger partial charge on any atom is 0.257 e. The van der Waals surface area contributed by atoms with Crippen molar-refractivity contribution in [3.63, 3.8) is 0 Å². The lowest BCUT2D eigenvalue weighted by Crippen LogP contribution is -2.11. The molecule has 0 aliphatic heterocycles. The highest BCUT2D eigenvalue weighted by atomic mass is 32.1. The van der Waals surface area contributed by atoms with Gasteiger partial charge in [-0.3, -0.25) is 10.1 Å². The van der Waals surface area contributed by atoms with Crippen molar-refractivity contribution in [1.82, 2.24) is 10.2 Å². The Morgan fingerprint density at radius 2 is 2.06 bits per heavy atom. The standard InChI is InChI=1S/C11H10FN3OS/c1-2-9-14-15-11(17-9)13-10(16)7-3-5-8(12)6-4-7/h3-6H,2H2,1H3,(H,13,15,16). The molecule has 88 valence electrons. The first-order valence-electron chi connectivity index (χ1n) is 5.08. The summed E-state index contributed by atoms with van der Waals surface area (Å²) < 4.78 is 12.7. The summed E-state index contributed by atoms with van der Waals surface area (Å²) in [5, 5.41) is 11.7. The molecule has 0 radical (unpaired) electrons. The van der Waals surface area contributed by atoms with Gasteiger partial charge in [0.05, 0.1) is 0 Å². The summed E-state index contributed by atoms with van der Waals surface area (Å²) >= 11 is 1.33. The van der Waals surface area contributed by atoms with E-state index in [2.05, 4.69) is 15.5 Å². The second kappa shape index (κ2) is 5.01. The first-order chi connectivity index (χ1) is 8.19. The second-order valence-corrected chi connectivity index (χ2v) is 4.38. The van der Waals surface area contributed by atoms with Crippen LogP contribution in [0.4, 0.5) is 9.52 Å². The third-order valence-electron chi connectivity index (χ3n) is 2.10. The van der Waals surface area contributed by atoms with Crippen LogP contribution in [0.1, 0.15) is 22.3 Å². The molecule has 2 aromatic rings. The summed E-state index contributed by atoms with van der Waals surface area (Å²) in [5.74, 6) is -0.686. The van der Waals surface area contributed by atoms with Gasteiger partial charge in [-0.15, -0.1) is 10.2 Å². The van der Waals surface area contributed by atoms with E-state index in [1.807, 2.05) is 6.92 Å². The number of hydrogen-bond donors (Lipinski definition) is 1. The largest absolute Gasteiger partial charge is 0.296 e. The molecular weight excluding hydrogens is 241 g/mol. The van der Waals surface area contributed by atoms with Crippen LogP contribution in [0.25, 0.3) is 0 Å². The van der Waals surface area contributed by atoms with Crippen LogP contribution in [0.5, 0.6) is 0 Å². The highest BCUT2D eigenvalue weighted by Crippen LogP contribution is 2.16. The van der Waals surface area contributed by atoms with E-state index in [-0.39, 0.29) is 11.7 Å². The van der Waals surface area contributed by atoms with Crippen molar-refractivity contribution in [2.75, 3.05) is 5.32 Å². The van der Waals surface area contributed by atoms with Crippen LogP contribution in [0, 0.1) is 5.82 Å². The van der Waals surface area contributed by atoms with Gasteiger partial charge in [0.2, 0.25) is 5.13 Å². The number of amides is 1. The molecule has 0 saturated heterocycles. The summed E-state index contributed by atoms with van der Waals surface area (Å²) in [6.07, 6.45) is 0.782. The molecule has 1 amide bonds. The second-order valence-electron chi connectivity index (χ2n) is 3.32. The highest BCUT2D eigenvalue weighted by molar-refractivity contribution is 7.15. The van der Waals surface area contributed by atoms with Gasteiger partial charge in [0.25, 0.3) is 5.91 Å². The van der Waals surface area contributed by atoms with Crippen LogP contribution in [0.2, 0.25) is 0 Å². The summed E-state index contributed by atoms with van der Waals surface area (Å²) in [4.78, 5) is 11.7. The maximum atomic E-state index is 12.7. The normalized spacial score (nSPS) is 10.2. The van der Waals surface area contributed by atoms with E-state index in [1.165, 1.54) is 35.6 Å². The number of hydrogen-bond acceptors (Lipinski definition) is 4. The van der Waals surface area contributed by atoms with E-state index in [9.17, 15) is 9.18 Å². The van der Waals surface area contributed by atoms with Gasteiger partial charge >= 0.3 is 0 Å². The van der Waals surface area contributed by atoms with E-state index in [0.717, 1.165) is 11.4 Å². The van der Waals surface area contributed by atoms with Gasteiger partial charge < -0.3 is 0 Å². The zero-order valence-electron chi connectivity index (χ0n) is 9.11. The van der Waals surface area contributed by atoms with Gasteiger partial charge in [0, 0.05) is 5.56 Å². The van der Waals surface area contributed by atoms with E-state index < -0.39 is 0 Å². The van der Waals surface area contributed by atoms with Crippen molar-refractivity contribution in [1.29, 1.82) is 0 Å². The van der Waals surface area contributed by atoms with Crippen LogP contribution in [0.3, 0.4) is 0 Å². The molecule has 0 unspecified atom stereocenters. The van der Waals surface area contributed by atoms with Gasteiger partial charge in [-0.1, -0.05) is 18.3 Å². The summed E-state index contributed by atoms with van der Waals surface area (Å²) in [6, 6.07) is 5.33. The molecule has 2 rings (SSSR count). The minimum Gasteiger partial charge on any atom is -0.296 e. The quantitative estimate of drug-likeness (QED) is 0.911. The van der Waals surface area contributed by atoms with E-state index in [4.69, 9.17) is 0 Å². The maximum absolute atomic E-state index is 12.7. The zero-order chi connectivity index (χ0) is 12.3. The smallest absolute Gasteiger partial charge is 0.257 e. The summed E-state index contributed by atoms with van der Waals surface area (Å²) in [5.41, 5.74) is 0.389. The van der Waals surface area contributed by atoms with Gasteiger partial charge in [-0.05, 0) is 30.7 Å². The van der Waals surface area contributed by atoms with Crippen LogP contribution in [-0.2, 0) is 6.42 Å². The van der Waals surface area contributed by atoms with Gasteiger partial charge in [0.1, 0.15) is 10.8 Å². The van der Waals surface area contributed by atoms with E-state index >= 15 is 0 Å². The van der Waals surface area contributed by atoms with Gasteiger partial charge in [-0.2, -0.15) is 0 Å². The molecule has 1 N–H and O–H groups in total. The van der Waals surface area contributed by atoms with Gasteiger partial charge in [0.15, 0.2) is 0 Å². The van der Waals surface area contributed by atoms with Crippen LogP contribution < -0.4 is 5.32 Å². The molecule has 0 saturated carbocycles. The number of rotatable bonds is 3. The van der Waals surface area contributed by atoms with Crippen molar-refractivity contribution in [2.24, 2.45) is 0 Å². The van der Waals surface area contributed by atoms with Crippen LogP contribution in [0.15, 0.2) is 24.3 Å². The van der Waals surface area contributed by atoms with Crippen molar-refractivity contribution in [2.45, 2.75) is 13.3 Å². The van der Waals surface area contributed by atoms with Crippen molar-refractivity contribution in [3.8, 4) is 0 Å². The molecule has 1 aromatic heterocycles. The molecular formula is C11H10FN3OS. The number of anilines is 1. The lowest BCUT2D eigenvalue weighted by Gasteiger charge is -2.00. The molecule has 4 nitrogen and oxygen atoms in total. The Morgan fingerprint density at radius 3 is 2.65 bits per heavy atom. The molecule has 0 atom stereocenters. The van der Waals surface area contributed by atoms with E-state index in [1.54, 1.807) is 0 Å². The fourth-order valence-corrected chi connectivity index (χ4v) is 1.89. The summed E-state index contributed by atoms with van der Waals surface area (Å²) in [6.45, 7) is 1.96. The predicted molar refractivity (Wildman–Crippen MR) is 63.6 cm³/mol. The number of halogens is 1. The van der Waals surface area contributed by atoms with Gasteiger partial charge in [-0.25, -0.2) is 4.39 Å². The first kappa shape index (κ1) is 11.7. The fraction of sp³-hybridized carbons (Fsp3) is 0.182. The number of aromatic nitrogens is 2. The lowest BCUT2D eigenvalue weighted by molar-refractivity contribution is 0.102. The SMILES string of the molecule is CCc1nnc(NC(=O)c2ccc(F)cc2)s1. The molecule has 0 spiro atoms. The molecule has 0 aliphatic carbocycles. The topological polar surface area (TPSA) is 54.9 Å². The number of nitrogens with one attached hydrogen (secondary N) is 1.